The normalized spacial score (nSPS) is 20.3. The molecule has 0 saturated heterocycles. The van der Waals surface area contributed by atoms with Gasteiger partial charge < -0.3 is 5.11 Å². The highest BCUT2D eigenvalue weighted by Gasteiger charge is 2.42. The molecule has 1 fully saturated rings. The molecule has 0 heterocycles. The van der Waals surface area contributed by atoms with Gasteiger partial charge in [-0.05, 0) is 18.9 Å². The minimum absolute atomic E-state index is 0.242. The minimum atomic E-state index is -1.01. The summed E-state index contributed by atoms with van der Waals surface area (Å²) < 4.78 is 13.5. The van der Waals surface area contributed by atoms with E-state index in [9.17, 15) is 14.8 Å². The van der Waals surface area contributed by atoms with Gasteiger partial charge in [-0.1, -0.05) is 31.0 Å². The van der Waals surface area contributed by atoms with E-state index < -0.39 is 17.3 Å². The summed E-state index contributed by atoms with van der Waals surface area (Å²) in [5.41, 5.74) is -0.548. The van der Waals surface area contributed by atoms with Crippen LogP contribution in [0.5, 0.6) is 0 Å². The number of nitriles is 1. The Kier molecular flexibility index (Phi) is 2.93. The van der Waals surface area contributed by atoms with Gasteiger partial charge in [-0.15, -0.1) is 0 Å². The molecule has 2 rings (SSSR count). The summed E-state index contributed by atoms with van der Waals surface area (Å²) in [6.45, 7) is 0. The Morgan fingerprint density at radius 3 is 2.50 bits per heavy atom. The van der Waals surface area contributed by atoms with Crippen molar-refractivity contribution in [2.24, 2.45) is 5.41 Å². The predicted molar refractivity (Wildman–Crippen MR) is 57.9 cm³/mol. The molecule has 1 N–H and O–H groups in total. The lowest BCUT2D eigenvalue weighted by molar-refractivity contribution is 0.0639. The molecule has 3 heteroatoms. The highest BCUT2D eigenvalue weighted by Crippen LogP contribution is 2.47. The molecular formula is C13H14FNO. The molecule has 16 heavy (non-hydrogen) atoms. The first-order valence-corrected chi connectivity index (χ1v) is 5.53. The third-order valence-electron chi connectivity index (χ3n) is 3.44. The topological polar surface area (TPSA) is 44.0 Å². The lowest BCUT2D eigenvalue weighted by Crippen LogP contribution is -2.24. The zero-order chi connectivity index (χ0) is 11.6. The number of aliphatic hydroxyl groups is 1. The third-order valence-corrected chi connectivity index (χ3v) is 3.44. The monoisotopic (exact) mass is 219 g/mol. The van der Waals surface area contributed by atoms with Crippen LogP contribution in [-0.4, -0.2) is 5.11 Å². The van der Waals surface area contributed by atoms with Crippen molar-refractivity contribution in [3.05, 3.63) is 35.6 Å². The van der Waals surface area contributed by atoms with Gasteiger partial charge in [-0.25, -0.2) is 4.39 Å². The molecule has 1 aliphatic rings. The molecule has 0 aliphatic heterocycles. The molecule has 1 aromatic carbocycles. The predicted octanol–water partition coefficient (Wildman–Crippen LogP) is 2.94. The van der Waals surface area contributed by atoms with E-state index in [1.807, 2.05) is 0 Å². The number of halogens is 1. The molecule has 1 unspecified atom stereocenters. The summed E-state index contributed by atoms with van der Waals surface area (Å²) in [4.78, 5) is 0. The minimum Gasteiger partial charge on any atom is -0.387 e. The zero-order valence-electron chi connectivity index (χ0n) is 8.99. The molecule has 0 aromatic heterocycles. The van der Waals surface area contributed by atoms with Gasteiger partial charge >= 0.3 is 0 Å². The van der Waals surface area contributed by atoms with Gasteiger partial charge in [0.25, 0.3) is 0 Å². The fourth-order valence-electron chi connectivity index (χ4n) is 2.45. The van der Waals surface area contributed by atoms with E-state index in [4.69, 9.17) is 0 Å². The second-order valence-corrected chi connectivity index (χ2v) is 4.40. The molecule has 2 nitrogen and oxygen atoms in total. The number of hydrogen-bond acceptors (Lipinski definition) is 2. The zero-order valence-corrected chi connectivity index (χ0v) is 8.99. The number of nitrogens with zero attached hydrogens (tertiary/aromatic N) is 1. The smallest absolute Gasteiger partial charge is 0.129 e. The third kappa shape index (κ3) is 1.70. The first-order chi connectivity index (χ1) is 7.69. The summed E-state index contributed by atoms with van der Waals surface area (Å²) in [6.07, 6.45) is 2.15. The number of benzene rings is 1. The van der Waals surface area contributed by atoms with Crippen LogP contribution in [0.3, 0.4) is 0 Å². The number of rotatable bonds is 2. The van der Waals surface area contributed by atoms with E-state index in [0.717, 1.165) is 12.8 Å². The van der Waals surface area contributed by atoms with Crippen molar-refractivity contribution < 1.29 is 9.50 Å². The van der Waals surface area contributed by atoms with Crippen molar-refractivity contribution in [2.75, 3.05) is 0 Å². The quantitative estimate of drug-likeness (QED) is 0.831. The van der Waals surface area contributed by atoms with Gasteiger partial charge in [0, 0.05) is 5.56 Å². The Hall–Kier alpha value is -1.40. The van der Waals surface area contributed by atoms with Gasteiger partial charge in [-0.3, -0.25) is 0 Å². The first kappa shape index (κ1) is 11.1. The van der Waals surface area contributed by atoms with Crippen LogP contribution in [0.4, 0.5) is 4.39 Å². The van der Waals surface area contributed by atoms with Gasteiger partial charge in [-0.2, -0.15) is 5.26 Å². The Labute approximate surface area is 94.3 Å². The lowest BCUT2D eigenvalue weighted by Gasteiger charge is -2.27. The molecular weight excluding hydrogens is 205 g/mol. The second kappa shape index (κ2) is 4.23. The van der Waals surface area contributed by atoms with Crippen LogP contribution in [0.25, 0.3) is 0 Å². The van der Waals surface area contributed by atoms with Gasteiger partial charge in [0.2, 0.25) is 0 Å². The summed E-state index contributed by atoms with van der Waals surface area (Å²) in [6, 6.07) is 8.32. The standard InChI is InChI=1S/C13H14FNO/c14-11-6-2-1-5-10(11)12(16)13(9-15)7-3-4-8-13/h1-2,5-6,12,16H,3-4,7-8H2. The van der Waals surface area contributed by atoms with Gasteiger partial charge in [0.15, 0.2) is 0 Å². The molecule has 1 atom stereocenters. The fourth-order valence-corrected chi connectivity index (χ4v) is 2.45. The van der Waals surface area contributed by atoms with Crippen LogP contribution in [0.1, 0.15) is 37.4 Å². The Morgan fingerprint density at radius 2 is 1.94 bits per heavy atom. The lowest BCUT2D eigenvalue weighted by atomic mass is 9.78. The van der Waals surface area contributed by atoms with Crippen molar-refractivity contribution in [2.45, 2.75) is 31.8 Å². The van der Waals surface area contributed by atoms with Crippen molar-refractivity contribution in [1.82, 2.24) is 0 Å². The highest BCUT2D eigenvalue weighted by atomic mass is 19.1. The molecule has 0 spiro atoms. The maximum atomic E-state index is 13.5. The van der Waals surface area contributed by atoms with Crippen LogP contribution < -0.4 is 0 Å². The summed E-state index contributed by atoms with van der Waals surface area (Å²) in [5.74, 6) is -0.434. The van der Waals surface area contributed by atoms with Crippen molar-refractivity contribution in [3.8, 4) is 6.07 Å². The fraction of sp³-hybridized carbons (Fsp3) is 0.462. The van der Waals surface area contributed by atoms with Crippen LogP contribution in [0, 0.1) is 22.6 Å². The van der Waals surface area contributed by atoms with Crippen molar-refractivity contribution in [3.63, 3.8) is 0 Å². The number of hydrogen-bond donors (Lipinski definition) is 1. The first-order valence-electron chi connectivity index (χ1n) is 5.53. The van der Waals surface area contributed by atoms with Crippen molar-refractivity contribution in [1.29, 1.82) is 5.26 Å². The maximum Gasteiger partial charge on any atom is 0.129 e. The SMILES string of the molecule is N#CC1(C(O)c2ccccc2F)CCCC1. The van der Waals surface area contributed by atoms with E-state index in [1.54, 1.807) is 18.2 Å². The average molecular weight is 219 g/mol. The van der Waals surface area contributed by atoms with Crippen LogP contribution >= 0.6 is 0 Å². The molecule has 1 aliphatic carbocycles. The summed E-state index contributed by atoms with van der Waals surface area (Å²) in [5, 5.41) is 19.4. The molecule has 0 bridgehead atoms. The molecule has 1 aromatic rings. The van der Waals surface area contributed by atoms with E-state index >= 15 is 0 Å². The maximum absolute atomic E-state index is 13.5. The molecule has 1 saturated carbocycles. The van der Waals surface area contributed by atoms with Crippen molar-refractivity contribution >= 4 is 0 Å². The van der Waals surface area contributed by atoms with E-state index in [1.165, 1.54) is 6.07 Å². The highest BCUT2D eigenvalue weighted by molar-refractivity contribution is 5.25. The second-order valence-electron chi connectivity index (χ2n) is 4.40. The summed E-state index contributed by atoms with van der Waals surface area (Å²) >= 11 is 0. The summed E-state index contributed by atoms with van der Waals surface area (Å²) in [7, 11) is 0. The largest absolute Gasteiger partial charge is 0.387 e. The van der Waals surface area contributed by atoms with Crippen LogP contribution in [0.15, 0.2) is 24.3 Å². The molecule has 0 amide bonds. The molecule has 84 valence electrons. The van der Waals surface area contributed by atoms with Gasteiger partial charge in [0.05, 0.1) is 11.5 Å². The van der Waals surface area contributed by atoms with Gasteiger partial charge in [0.1, 0.15) is 11.9 Å². The van der Waals surface area contributed by atoms with E-state index in [0.29, 0.717) is 12.8 Å². The van der Waals surface area contributed by atoms with Crippen LogP contribution in [0.2, 0.25) is 0 Å². The Balaban J connectivity index is 2.35. The Bertz CT molecular complexity index is 418. The van der Waals surface area contributed by atoms with E-state index in [-0.39, 0.29) is 5.56 Å². The number of aliphatic hydroxyl groups excluding tert-OH is 1. The Morgan fingerprint density at radius 1 is 1.31 bits per heavy atom. The molecule has 0 radical (unpaired) electrons. The van der Waals surface area contributed by atoms with E-state index in [2.05, 4.69) is 6.07 Å². The average Bonchev–Trinajstić information content (AvgIpc) is 2.78. The van der Waals surface area contributed by atoms with Crippen LogP contribution in [-0.2, 0) is 0 Å².